The van der Waals surface area contributed by atoms with Crippen molar-refractivity contribution in [1.29, 1.82) is 0 Å². The van der Waals surface area contributed by atoms with Crippen molar-refractivity contribution in [2.75, 3.05) is 7.11 Å². The highest BCUT2D eigenvalue weighted by atomic mass is 31.0. The number of hydrogen-bond donors (Lipinski definition) is 4. The molecule has 9 heteroatoms. The number of aromatic carboxylic acids is 2. The average molecular weight is 352 g/mol. The van der Waals surface area contributed by atoms with E-state index in [1.54, 1.807) is 0 Å². The normalized spacial score (nSPS) is 10.2. The summed E-state index contributed by atoms with van der Waals surface area (Å²) in [5, 5.41) is 38.8. The highest BCUT2D eigenvalue weighted by Crippen LogP contribution is 2.45. The van der Waals surface area contributed by atoms with Crippen molar-refractivity contribution in [3.05, 3.63) is 35.4 Å². The molecule has 0 aromatic heterocycles. The molecule has 1 unspecified atom stereocenters. The first kappa shape index (κ1) is 17.4. The highest BCUT2D eigenvalue weighted by Gasteiger charge is 2.22. The summed E-state index contributed by atoms with van der Waals surface area (Å²) in [7, 11) is 3.09. The molecule has 8 nitrogen and oxygen atoms in total. The van der Waals surface area contributed by atoms with Crippen LogP contribution in [0.1, 0.15) is 20.7 Å². The lowest BCUT2D eigenvalue weighted by atomic mass is 9.97. The SMILES string of the molecule is COc1cc(C(=O)O)cc(-c2cc(C(=O)O)cc(OP)c2O)c1O. The zero-order valence-corrected chi connectivity index (χ0v) is 13.5. The number of carboxylic acids is 2. The van der Waals surface area contributed by atoms with Crippen LogP contribution < -0.4 is 9.26 Å². The summed E-state index contributed by atoms with van der Waals surface area (Å²) in [6.45, 7) is 0. The van der Waals surface area contributed by atoms with Crippen LogP contribution >= 0.6 is 9.47 Å². The monoisotopic (exact) mass is 352 g/mol. The number of aromatic hydroxyl groups is 2. The Morgan fingerprint density at radius 2 is 1.29 bits per heavy atom. The van der Waals surface area contributed by atoms with Gasteiger partial charge >= 0.3 is 11.9 Å². The number of hydrogen-bond acceptors (Lipinski definition) is 6. The number of ether oxygens (including phenoxy) is 1. The molecule has 0 saturated carbocycles. The third kappa shape index (κ3) is 3.04. The van der Waals surface area contributed by atoms with Crippen molar-refractivity contribution in [2.45, 2.75) is 0 Å². The maximum absolute atomic E-state index is 11.2. The van der Waals surface area contributed by atoms with Crippen LogP contribution in [0.3, 0.4) is 0 Å². The van der Waals surface area contributed by atoms with Crippen LogP contribution in [0.4, 0.5) is 0 Å². The Morgan fingerprint density at radius 3 is 1.67 bits per heavy atom. The van der Waals surface area contributed by atoms with Gasteiger partial charge < -0.3 is 29.7 Å². The molecule has 0 saturated heterocycles. The number of carbonyl (C=O) groups is 2. The molecule has 0 aliphatic rings. The number of methoxy groups -OCH3 is 1. The Labute approximate surface area is 138 Å². The van der Waals surface area contributed by atoms with Gasteiger partial charge in [-0.2, -0.15) is 0 Å². The van der Waals surface area contributed by atoms with E-state index in [4.69, 9.17) is 19.5 Å². The smallest absolute Gasteiger partial charge is 0.335 e. The summed E-state index contributed by atoms with van der Waals surface area (Å²) in [5.41, 5.74) is -0.672. The minimum Gasteiger partial charge on any atom is -0.504 e. The van der Waals surface area contributed by atoms with Gasteiger partial charge in [-0.3, -0.25) is 0 Å². The Bertz CT molecular complexity index is 761. The molecule has 0 radical (unpaired) electrons. The van der Waals surface area contributed by atoms with Crippen molar-refractivity contribution >= 4 is 21.4 Å². The van der Waals surface area contributed by atoms with Crippen molar-refractivity contribution in [1.82, 2.24) is 0 Å². The highest BCUT2D eigenvalue weighted by molar-refractivity contribution is 7.10. The Morgan fingerprint density at radius 1 is 0.875 bits per heavy atom. The van der Waals surface area contributed by atoms with Crippen LogP contribution in [0.25, 0.3) is 11.1 Å². The fourth-order valence-corrected chi connectivity index (χ4v) is 2.30. The summed E-state index contributed by atoms with van der Waals surface area (Å²) in [5.74, 6) is -3.80. The lowest BCUT2D eigenvalue weighted by molar-refractivity contribution is 0.0685. The second kappa shape index (κ2) is 6.64. The van der Waals surface area contributed by atoms with Crippen molar-refractivity contribution in [2.24, 2.45) is 0 Å². The van der Waals surface area contributed by atoms with E-state index in [2.05, 4.69) is 0 Å². The van der Waals surface area contributed by atoms with Gasteiger partial charge in [0.15, 0.2) is 23.0 Å². The second-order valence-corrected chi connectivity index (χ2v) is 4.91. The van der Waals surface area contributed by atoms with Gasteiger partial charge in [0.2, 0.25) is 0 Å². The molecule has 0 aliphatic carbocycles. The number of rotatable bonds is 5. The minimum absolute atomic E-state index is 0.115. The number of phenols is 2. The molecule has 126 valence electrons. The van der Waals surface area contributed by atoms with Gasteiger partial charge in [0.05, 0.1) is 27.7 Å². The van der Waals surface area contributed by atoms with Crippen LogP contribution in [0.15, 0.2) is 24.3 Å². The van der Waals surface area contributed by atoms with E-state index in [-0.39, 0.29) is 33.8 Å². The van der Waals surface area contributed by atoms with Crippen molar-refractivity contribution in [3.63, 3.8) is 0 Å². The van der Waals surface area contributed by atoms with E-state index in [1.165, 1.54) is 7.11 Å². The van der Waals surface area contributed by atoms with Gasteiger partial charge in [-0.05, 0) is 24.3 Å². The first-order chi connectivity index (χ1) is 11.3. The topological polar surface area (TPSA) is 134 Å². The first-order valence-corrected chi connectivity index (χ1v) is 6.89. The van der Waals surface area contributed by atoms with Crippen LogP contribution in [0.2, 0.25) is 0 Å². The Balaban J connectivity index is 2.84. The third-order valence-corrected chi connectivity index (χ3v) is 3.53. The molecule has 0 fully saturated rings. The molecule has 0 amide bonds. The quantitative estimate of drug-likeness (QED) is 0.603. The molecular formula is C15H13O8P. The molecule has 4 N–H and O–H groups in total. The third-order valence-electron chi connectivity index (χ3n) is 3.28. The molecule has 24 heavy (non-hydrogen) atoms. The van der Waals surface area contributed by atoms with E-state index in [0.29, 0.717) is 0 Å². The Kier molecular flexibility index (Phi) is 4.80. The van der Waals surface area contributed by atoms with Gasteiger partial charge in [0.25, 0.3) is 0 Å². The maximum atomic E-state index is 11.2. The van der Waals surface area contributed by atoms with Gasteiger partial charge in [-0.25, -0.2) is 9.59 Å². The molecule has 0 heterocycles. The lowest BCUT2D eigenvalue weighted by Crippen LogP contribution is -2.00. The standard InChI is InChI=1S/C15H13O8P/c1-22-10-4-6(14(18)19)2-8(12(10)16)9-3-7(15(20)21)5-11(23-24)13(9)17/h2-5,16-17H,24H2,1H3,(H,18,19)(H,20,21). The zero-order valence-electron chi connectivity index (χ0n) is 12.3. The summed E-state index contributed by atoms with van der Waals surface area (Å²) in [6, 6.07) is 4.37. The molecular weight excluding hydrogens is 339 g/mol. The summed E-state index contributed by atoms with van der Waals surface area (Å²) in [6.07, 6.45) is 0. The van der Waals surface area contributed by atoms with Crippen molar-refractivity contribution in [3.8, 4) is 34.1 Å². The predicted octanol–water partition coefficient (Wildman–Crippen LogP) is 2.34. The molecule has 2 rings (SSSR count). The second-order valence-electron chi connectivity index (χ2n) is 4.67. The number of carboxylic acid groups (broad SMARTS) is 2. The zero-order chi connectivity index (χ0) is 18.0. The van der Waals surface area contributed by atoms with E-state index in [1.807, 2.05) is 9.47 Å². The van der Waals surface area contributed by atoms with Gasteiger partial charge in [-0.1, -0.05) is 0 Å². The molecule has 0 aliphatic heterocycles. The molecule has 0 spiro atoms. The summed E-state index contributed by atoms with van der Waals surface area (Å²) < 4.78 is 9.77. The number of phenolic OH excluding ortho intramolecular Hbond substituents is 2. The molecule has 2 aromatic carbocycles. The fourth-order valence-electron chi connectivity index (χ4n) is 2.12. The van der Waals surface area contributed by atoms with E-state index in [0.717, 1.165) is 24.3 Å². The predicted molar refractivity (Wildman–Crippen MR) is 86.0 cm³/mol. The lowest BCUT2D eigenvalue weighted by Gasteiger charge is -2.14. The number of benzene rings is 2. The largest absolute Gasteiger partial charge is 0.504 e. The van der Waals surface area contributed by atoms with Gasteiger partial charge in [0, 0.05) is 11.1 Å². The summed E-state index contributed by atoms with van der Waals surface area (Å²) in [4.78, 5) is 22.4. The fraction of sp³-hybridized carbons (Fsp3) is 0.0667. The minimum atomic E-state index is -1.29. The van der Waals surface area contributed by atoms with Crippen LogP contribution in [0.5, 0.6) is 23.0 Å². The van der Waals surface area contributed by atoms with Gasteiger partial charge in [0.1, 0.15) is 0 Å². The van der Waals surface area contributed by atoms with E-state index in [9.17, 15) is 19.8 Å². The van der Waals surface area contributed by atoms with Crippen LogP contribution in [-0.4, -0.2) is 39.5 Å². The first-order valence-electron chi connectivity index (χ1n) is 6.41. The van der Waals surface area contributed by atoms with E-state index >= 15 is 0 Å². The summed E-state index contributed by atoms with van der Waals surface area (Å²) >= 11 is 0. The van der Waals surface area contributed by atoms with Crippen LogP contribution in [-0.2, 0) is 0 Å². The average Bonchev–Trinajstić information content (AvgIpc) is 2.55. The van der Waals surface area contributed by atoms with Crippen molar-refractivity contribution < 1.29 is 39.3 Å². The molecule has 2 aromatic rings. The van der Waals surface area contributed by atoms with Gasteiger partial charge in [-0.15, -0.1) is 0 Å². The maximum Gasteiger partial charge on any atom is 0.335 e. The Hall–Kier alpha value is -2.99. The molecule has 0 bridgehead atoms. The molecule has 1 atom stereocenters. The van der Waals surface area contributed by atoms with Crippen LogP contribution in [0, 0.1) is 0 Å². The van der Waals surface area contributed by atoms with E-state index < -0.39 is 23.4 Å².